The third-order valence-corrected chi connectivity index (χ3v) is 9.30. The zero-order valence-corrected chi connectivity index (χ0v) is 15.8. The van der Waals surface area contributed by atoms with Gasteiger partial charge in [-0.2, -0.15) is 0 Å². The van der Waals surface area contributed by atoms with E-state index in [-0.39, 0.29) is 0 Å². The van der Waals surface area contributed by atoms with Gasteiger partial charge in [-0.1, -0.05) is 0 Å². The number of nitrogens with zero attached hydrogens (tertiary/aromatic N) is 1. The average molecular weight is 381 g/mol. The molecule has 1 saturated heterocycles. The molecule has 19 heavy (non-hydrogen) atoms. The van der Waals surface area contributed by atoms with Gasteiger partial charge in [0, 0.05) is 0 Å². The van der Waals surface area contributed by atoms with E-state index in [2.05, 4.69) is 20.8 Å². The van der Waals surface area contributed by atoms with Gasteiger partial charge in [0.25, 0.3) is 0 Å². The average Bonchev–Trinajstić information content (AvgIpc) is 2.43. The third kappa shape index (κ3) is 5.91. The van der Waals surface area contributed by atoms with Crippen molar-refractivity contribution in [1.29, 1.82) is 0 Å². The van der Waals surface area contributed by atoms with Crippen molar-refractivity contribution in [3.05, 3.63) is 0 Å². The van der Waals surface area contributed by atoms with Crippen LogP contribution in [0.5, 0.6) is 0 Å². The van der Waals surface area contributed by atoms with E-state index >= 15 is 0 Å². The molecule has 0 radical (unpaired) electrons. The summed E-state index contributed by atoms with van der Waals surface area (Å²) in [6.07, 6.45) is 13.6. The zero-order chi connectivity index (χ0) is 14.0. The molecule has 1 unspecified atom stereocenters. The van der Waals surface area contributed by atoms with E-state index in [0.717, 1.165) is 4.05 Å². The fourth-order valence-corrected chi connectivity index (χ4v) is 8.03. The van der Waals surface area contributed by atoms with Gasteiger partial charge in [0.15, 0.2) is 0 Å². The summed E-state index contributed by atoms with van der Waals surface area (Å²) in [5.74, 6) is 0. The first-order valence-corrected chi connectivity index (χ1v) is 11.5. The van der Waals surface area contributed by atoms with Crippen LogP contribution in [0.1, 0.15) is 78.6 Å². The first-order valence-electron chi connectivity index (χ1n) is 8.72. The van der Waals surface area contributed by atoms with Gasteiger partial charge in [0.05, 0.1) is 0 Å². The van der Waals surface area contributed by atoms with Gasteiger partial charge >= 0.3 is 132 Å². The molecule has 2 heteroatoms. The summed E-state index contributed by atoms with van der Waals surface area (Å²) >= 11 is 0.416. The number of alkyl halides is 2. The molecule has 0 aromatic heterocycles. The molecule has 116 valence electrons. The summed E-state index contributed by atoms with van der Waals surface area (Å²) in [6, 6.07) is 0. The minimum atomic E-state index is 0.416. The Morgan fingerprint density at radius 1 is 0.737 bits per heavy atom. The van der Waals surface area contributed by atoms with Crippen LogP contribution < -0.4 is 21.2 Å². The van der Waals surface area contributed by atoms with Gasteiger partial charge in [0.1, 0.15) is 0 Å². The van der Waals surface area contributed by atoms with E-state index < -0.39 is 0 Å². The molecular formula is C17H36IN. The van der Waals surface area contributed by atoms with Crippen LogP contribution in [-0.4, -0.2) is 32.6 Å². The van der Waals surface area contributed by atoms with E-state index in [1.807, 2.05) is 0 Å². The molecule has 1 atom stereocenters. The third-order valence-electron chi connectivity index (χ3n) is 5.10. The van der Waals surface area contributed by atoms with Crippen LogP contribution in [-0.2, 0) is 0 Å². The molecule has 0 saturated carbocycles. The summed E-state index contributed by atoms with van der Waals surface area (Å²) in [5.41, 5.74) is 0. The van der Waals surface area contributed by atoms with Crippen LogP contribution in [0.25, 0.3) is 0 Å². The second-order valence-electron chi connectivity index (χ2n) is 6.06. The van der Waals surface area contributed by atoms with Crippen molar-refractivity contribution < 1.29 is 25.7 Å². The molecule has 0 bridgehead atoms. The molecule has 0 aromatic rings. The molecule has 1 rings (SSSR count). The van der Waals surface area contributed by atoms with Crippen LogP contribution in [0.2, 0.25) is 0 Å². The van der Waals surface area contributed by atoms with Crippen molar-refractivity contribution in [3.63, 3.8) is 0 Å². The van der Waals surface area contributed by atoms with Gasteiger partial charge in [-0.05, 0) is 0 Å². The first kappa shape index (κ1) is 17.7. The number of hydrogen-bond acceptors (Lipinski definition) is 0. The van der Waals surface area contributed by atoms with Crippen LogP contribution in [0.3, 0.4) is 0 Å². The van der Waals surface area contributed by atoms with Gasteiger partial charge < -0.3 is 0 Å². The predicted octanol–water partition coefficient (Wildman–Crippen LogP) is 1.80. The van der Waals surface area contributed by atoms with E-state index in [4.69, 9.17) is 0 Å². The molecule has 0 spiro atoms. The normalized spacial score (nSPS) is 24.9. The molecule has 1 heterocycles. The Morgan fingerprint density at radius 3 is 1.74 bits per heavy atom. The molecule has 1 aliphatic heterocycles. The molecule has 1 fully saturated rings. The Morgan fingerprint density at radius 2 is 1.21 bits per heavy atom. The van der Waals surface area contributed by atoms with Crippen molar-refractivity contribution in [2.75, 3.05) is 24.1 Å². The topological polar surface area (TPSA) is 0 Å². The van der Waals surface area contributed by atoms with Gasteiger partial charge in [-0.15, -0.1) is 0 Å². The Hall–Kier alpha value is 0.690. The maximum absolute atomic E-state index is 2.42. The van der Waals surface area contributed by atoms with E-state index in [9.17, 15) is 0 Å². The van der Waals surface area contributed by atoms with Crippen molar-refractivity contribution in [2.45, 2.75) is 82.6 Å². The summed E-state index contributed by atoms with van der Waals surface area (Å²) in [4.78, 5) is 0. The van der Waals surface area contributed by atoms with Crippen molar-refractivity contribution in [1.82, 2.24) is 0 Å². The Kier molecular flexibility index (Phi) is 9.73. The van der Waals surface area contributed by atoms with Crippen LogP contribution >= 0.6 is 0 Å². The quantitative estimate of drug-likeness (QED) is 0.302. The molecule has 1 aliphatic rings. The fraction of sp³-hybridized carbons (Fsp3) is 1.00. The second-order valence-corrected chi connectivity index (χ2v) is 9.46. The number of rotatable bonds is 4. The second kappa shape index (κ2) is 10.4. The predicted molar refractivity (Wildman–Crippen MR) is 82.1 cm³/mol. The van der Waals surface area contributed by atoms with Gasteiger partial charge in [0.2, 0.25) is 0 Å². The van der Waals surface area contributed by atoms with E-state index in [0.29, 0.717) is 21.2 Å². The molecule has 1 nitrogen and oxygen atoms in total. The molecule has 0 aliphatic carbocycles. The summed E-state index contributed by atoms with van der Waals surface area (Å²) in [6.45, 7) is 11.3. The molecule has 0 aromatic carbocycles. The van der Waals surface area contributed by atoms with Crippen molar-refractivity contribution in [2.24, 2.45) is 0 Å². The van der Waals surface area contributed by atoms with Gasteiger partial charge in [-0.25, -0.2) is 0 Å². The number of hydrogen-bond donors (Lipinski definition) is 0. The molecular weight excluding hydrogens is 345 g/mol. The zero-order valence-electron chi connectivity index (χ0n) is 13.6. The SMILES string of the molecule is CC[N+](CC)(CC)C1CCCCCCCCCC[I-]1. The van der Waals surface area contributed by atoms with E-state index in [1.165, 1.54) is 81.9 Å². The Labute approximate surface area is 132 Å². The number of halogens is 1. The van der Waals surface area contributed by atoms with Crippen LogP contribution in [0, 0.1) is 0 Å². The maximum atomic E-state index is 2.42. The first-order chi connectivity index (χ1) is 9.29. The van der Waals surface area contributed by atoms with Gasteiger partial charge in [-0.3, -0.25) is 0 Å². The van der Waals surface area contributed by atoms with Crippen molar-refractivity contribution in [3.8, 4) is 0 Å². The number of quaternary nitrogens is 1. The fourth-order valence-electron chi connectivity index (χ4n) is 3.43. The van der Waals surface area contributed by atoms with Crippen LogP contribution in [0.4, 0.5) is 0 Å². The Bertz CT molecular complexity index is 193. The molecule has 0 N–H and O–H groups in total. The summed E-state index contributed by atoms with van der Waals surface area (Å²) < 4.78 is 4.06. The Balaban J connectivity index is 2.58. The van der Waals surface area contributed by atoms with E-state index in [1.54, 1.807) is 4.43 Å². The minimum absolute atomic E-state index is 0.416. The molecule has 0 amide bonds. The summed E-state index contributed by atoms with van der Waals surface area (Å²) in [5, 5.41) is 0. The summed E-state index contributed by atoms with van der Waals surface area (Å²) in [7, 11) is 0. The van der Waals surface area contributed by atoms with Crippen LogP contribution in [0.15, 0.2) is 0 Å². The van der Waals surface area contributed by atoms with Crippen molar-refractivity contribution >= 4 is 0 Å². The monoisotopic (exact) mass is 381 g/mol. The standard InChI is InChI=1S/C17H36IN/c1-4-19(5-2,6-3)17-15-13-11-9-7-8-10-12-14-16-18-17/h17H,4-16H2,1-3H3.